The van der Waals surface area contributed by atoms with Gasteiger partial charge in [-0.15, -0.1) is 0 Å². The molecule has 3 aromatic carbocycles. The largest absolute Gasteiger partial charge is 0.462 e. The minimum absolute atomic E-state index is 0.0444. The van der Waals surface area contributed by atoms with Crippen molar-refractivity contribution in [2.45, 2.75) is 50.9 Å². The van der Waals surface area contributed by atoms with Crippen molar-refractivity contribution in [2.24, 2.45) is 5.92 Å². The number of nitrogens with one attached hydrogen (secondary N) is 2. The van der Waals surface area contributed by atoms with E-state index in [0.717, 1.165) is 16.7 Å². The van der Waals surface area contributed by atoms with Gasteiger partial charge in [-0.25, -0.2) is 9.59 Å². The minimum atomic E-state index is -1.02. The number of esters is 1. The van der Waals surface area contributed by atoms with Crippen molar-refractivity contribution in [1.29, 1.82) is 0 Å². The number of ether oxygens (including phenoxy) is 2. The lowest BCUT2D eigenvalue weighted by molar-refractivity contribution is -0.147. The number of amides is 3. The van der Waals surface area contributed by atoms with E-state index in [9.17, 15) is 24.3 Å². The molecule has 3 amide bonds. The molecule has 10 heteroatoms. The molecule has 1 heterocycles. The first-order valence-corrected chi connectivity index (χ1v) is 15.5. The topological polar surface area (TPSA) is 134 Å². The Morgan fingerprint density at radius 1 is 0.870 bits per heavy atom. The van der Waals surface area contributed by atoms with E-state index >= 15 is 0 Å². The maximum Gasteiger partial charge on any atom is 0.408 e. The number of rotatable bonds is 11. The van der Waals surface area contributed by atoms with E-state index in [4.69, 9.17) is 9.47 Å². The van der Waals surface area contributed by atoms with E-state index in [0.29, 0.717) is 13.0 Å². The number of carbonyl (C=O) groups excluding carboxylic acids is 4. The first-order valence-electron chi connectivity index (χ1n) is 15.5. The number of benzene rings is 3. The second-order valence-corrected chi connectivity index (χ2v) is 11.2. The number of hydrogen-bond donors (Lipinski definition) is 3. The summed E-state index contributed by atoms with van der Waals surface area (Å²) in [6.07, 6.45) is 3.31. The predicted molar refractivity (Wildman–Crippen MR) is 172 cm³/mol. The van der Waals surface area contributed by atoms with Crippen LogP contribution in [0.1, 0.15) is 36.0 Å². The Balaban J connectivity index is 1.48. The number of alkyl carbamates (subject to hydrolysis) is 1. The third-order valence-corrected chi connectivity index (χ3v) is 7.58. The molecule has 3 aromatic rings. The van der Waals surface area contributed by atoms with Crippen LogP contribution in [-0.4, -0.2) is 65.7 Å². The lowest BCUT2D eigenvalue weighted by Crippen LogP contribution is -2.47. The average molecular weight is 628 g/mol. The number of nitrogens with zero attached hydrogens (tertiary/aromatic N) is 1. The maximum absolute atomic E-state index is 13.6. The standard InChI is InChI=1S/C36H41N3O7/c40-21-20-39(24-28-14-6-2-7-15-28)33(41)23-30-18-10-11-19-32(38-36(44)46-25-29-16-8-3-9-17-29)35(43)45-26-31(37-34(30)42)22-27-12-4-1-5-13-27/h1-17,30-32,40H,18-26H2,(H,37,42)(H,38,44)/t30-,31-,32-/m1/s1. The second-order valence-electron chi connectivity index (χ2n) is 11.2. The van der Waals surface area contributed by atoms with Crippen LogP contribution in [0.15, 0.2) is 103 Å². The normalized spacial score (nSPS) is 18.7. The van der Waals surface area contributed by atoms with Gasteiger partial charge in [-0.1, -0.05) is 103 Å². The van der Waals surface area contributed by atoms with Crippen LogP contribution in [0, 0.1) is 5.92 Å². The lowest BCUT2D eigenvalue weighted by Gasteiger charge is -2.26. The lowest BCUT2D eigenvalue weighted by atomic mass is 9.97. The summed E-state index contributed by atoms with van der Waals surface area (Å²) in [4.78, 5) is 54.3. The smallest absolute Gasteiger partial charge is 0.408 e. The molecule has 242 valence electrons. The van der Waals surface area contributed by atoms with Crippen LogP contribution >= 0.6 is 0 Å². The van der Waals surface area contributed by atoms with Crippen molar-refractivity contribution < 1.29 is 33.8 Å². The van der Waals surface area contributed by atoms with Gasteiger partial charge in [0.25, 0.3) is 0 Å². The summed E-state index contributed by atoms with van der Waals surface area (Å²) in [5, 5.41) is 15.2. The molecule has 3 N–H and O–H groups in total. The van der Waals surface area contributed by atoms with Crippen LogP contribution in [0.25, 0.3) is 0 Å². The Bertz CT molecular complexity index is 1430. The number of aliphatic hydroxyl groups is 1. The van der Waals surface area contributed by atoms with E-state index in [-0.39, 0.29) is 57.4 Å². The SMILES string of the molecule is O=C(N[C@@H]1CC=CC[C@H](CC(=O)N(CCO)Cc2ccccc2)C(=O)N[C@H](Cc2ccccc2)COC1=O)OCc1ccccc1. The third-order valence-electron chi connectivity index (χ3n) is 7.58. The van der Waals surface area contributed by atoms with Crippen LogP contribution in [0.5, 0.6) is 0 Å². The van der Waals surface area contributed by atoms with E-state index in [1.54, 1.807) is 17.1 Å². The van der Waals surface area contributed by atoms with Gasteiger partial charge in [0.2, 0.25) is 11.8 Å². The van der Waals surface area contributed by atoms with Gasteiger partial charge in [0.05, 0.1) is 18.6 Å². The number of allylic oxidation sites excluding steroid dienone is 1. The molecule has 1 aliphatic rings. The zero-order chi connectivity index (χ0) is 32.6. The molecule has 0 fully saturated rings. The number of hydrogen-bond acceptors (Lipinski definition) is 7. The van der Waals surface area contributed by atoms with Crippen LogP contribution < -0.4 is 10.6 Å². The second kappa shape index (κ2) is 18.1. The van der Waals surface area contributed by atoms with Gasteiger partial charge in [0.15, 0.2) is 0 Å². The van der Waals surface area contributed by atoms with Crippen molar-refractivity contribution in [3.05, 3.63) is 120 Å². The Kier molecular flexibility index (Phi) is 13.4. The van der Waals surface area contributed by atoms with Crippen molar-refractivity contribution in [3.63, 3.8) is 0 Å². The van der Waals surface area contributed by atoms with E-state index in [2.05, 4.69) is 10.6 Å². The van der Waals surface area contributed by atoms with Gasteiger partial charge in [-0.2, -0.15) is 0 Å². The van der Waals surface area contributed by atoms with Crippen molar-refractivity contribution in [2.75, 3.05) is 19.8 Å². The molecule has 10 nitrogen and oxygen atoms in total. The summed E-state index contributed by atoms with van der Waals surface area (Å²) in [5.41, 5.74) is 2.65. The van der Waals surface area contributed by atoms with Gasteiger partial charge in [-0.3, -0.25) is 9.59 Å². The molecule has 46 heavy (non-hydrogen) atoms. The summed E-state index contributed by atoms with van der Waals surface area (Å²) < 4.78 is 10.9. The molecular weight excluding hydrogens is 586 g/mol. The maximum atomic E-state index is 13.6. The molecule has 0 saturated heterocycles. The van der Waals surface area contributed by atoms with E-state index in [1.807, 2.05) is 91.0 Å². The Morgan fingerprint density at radius 3 is 2.13 bits per heavy atom. The average Bonchev–Trinajstić information content (AvgIpc) is 3.07. The zero-order valence-corrected chi connectivity index (χ0v) is 25.8. The Labute approximate surface area is 269 Å². The molecule has 3 atom stereocenters. The van der Waals surface area contributed by atoms with Gasteiger partial charge in [-0.05, 0) is 36.0 Å². The highest BCUT2D eigenvalue weighted by atomic mass is 16.6. The van der Waals surface area contributed by atoms with Crippen molar-refractivity contribution in [1.82, 2.24) is 15.5 Å². The highest BCUT2D eigenvalue weighted by molar-refractivity contribution is 5.86. The van der Waals surface area contributed by atoms with Crippen molar-refractivity contribution in [3.8, 4) is 0 Å². The number of carbonyl (C=O) groups is 4. The minimum Gasteiger partial charge on any atom is -0.462 e. The van der Waals surface area contributed by atoms with E-state index in [1.165, 1.54) is 0 Å². The molecule has 0 aliphatic carbocycles. The zero-order valence-electron chi connectivity index (χ0n) is 25.8. The van der Waals surface area contributed by atoms with Gasteiger partial charge in [0, 0.05) is 19.5 Å². The van der Waals surface area contributed by atoms with Crippen molar-refractivity contribution >= 4 is 23.9 Å². The van der Waals surface area contributed by atoms with Gasteiger partial charge < -0.3 is 30.1 Å². The number of cyclic esters (lactones) is 1. The van der Waals surface area contributed by atoms with Crippen LogP contribution in [0.4, 0.5) is 4.79 Å². The summed E-state index contributed by atoms with van der Waals surface area (Å²) in [7, 11) is 0. The van der Waals surface area contributed by atoms with Crippen LogP contribution in [0.2, 0.25) is 0 Å². The molecule has 4 rings (SSSR count). The monoisotopic (exact) mass is 627 g/mol. The molecule has 0 radical (unpaired) electrons. The molecule has 0 bridgehead atoms. The summed E-state index contributed by atoms with van der Waals surface area (Å²) in [6, 6.07) is 26.5. The molecule has 0 spiro atoms. The molecule has 0 saturated carbocycles. The predicted octanol–water partition coefficient (Wildman–Crippen LogP) is 3.93. The Hall–Kier alpha value is -4.96. The fourth-order valence-corrected chi connectivity index (χ4v) is 5.11. The highest BCUT2D eigenvalue weighted by Crippen LogP contribution is 2.17. The quantitative estimate of drug-likeness (QED) is 0.217. The molecule has 0 aromatic heterocycles. The summed E-state index contributed by atoms with van der Waals surface area (Å²) in [5.74, 6) is -1.96. The van der Waals surface area contributed by atoms with E-state index < -0.39 is 30.1 Å². The molecule has 1 aliphatic heterocycles. The molecule has 0 unspecified atom stereocenters. The van der Waals surface area contributed by atoms with Crippen LogP contribution in [-0.2, 0) is 43.4 Å². The van der Waals surface area contributed by atoms with Crippen LogP contribution in [0.3, 0.4) is 0 Å². The fourth-order valence-electron chi connectivity index (χ4n) is 5.11. The Morgan fingerprint density at radius 2 is 1.48 bits per heavy atom. The fraction of sp³-hybridized carbons (Fsp3) is 0.333. The first kappa shape index (κ1) is 33.9. The first-order chi connectivity index (χ1) is 22.4. The third kappa shape index (κ3) is 11.2. The van der Waals surface area contributed by atoms with Gasteiger partial charge in [0.1, 0.15) is 19.3 Å². The molecular formula is C36H41N3O7. The highest BCUT2D eigenvalue weighted by Gasteiger charge is 2.29. The summed E-state index contributed by atoms with van der Waals surface area (Å²) in [6.45, 7) is 0.152. The number of aliphatic hydroxyl groups excluding tert-OH is 1. The summed E-state index contributed by atoms with van der Waals surface area (Å²) >= 11 is 0. The van der Waals surface area contributed by atoms with Gasteiger partial charge >= 0.3 is 12.1 Å².